The highest BCUT2D eigenvalue weighted by Gasteiger charge is 2.23. The van der Waals surface area contributed by atoms with Gasteiger partial charge in [-0.05, 0) is 43.3 Å². The zero-order valence-electron chi connectivity index (χ0n) is 20.4. The summed E-state index contributed by atoms with van der Waals surface area (Å²) in [6.45, 7) is 4.58. The minimum atomic E-state index is -0.214. The number of aromatic nitrogens is 3. The van der Waals surface area contributed by atoms with Crippen LogP contribution in [0.1, 0.15) is 29.9 Å². The summed E-state index contributed by atoms with van der Waals surface area (Å²) in [7, 11) is 3.40. The second kappa shape index (κ2) is 10.4. The first kappa shape index (κ1) is 23.9. The molecule has 0 aliphatic rings. The summed E-state index contributed by atoms with van der Waals surface area (Å²) in [5.41, 5.74) is 4.18. The fourth-order valence-electron chi connectivity index (χ4n) is 4.13. The summed E-state index contributed by atoms with van der Waals surface area (Å²) in [4.78, 5) is 36.4. The second-order valence-electron chi connectivity index (χ2n) is 8.28. The lowest BCUT2D eigenvalue weighted by atomic mass is 10.1. The number of hydrogen-bond donors (Lipinski definition) is 1. The summed E-state index contributed by atoms with van der Waals surface area (Å²) in [6.07, 6.45) is 2.39. The molecule has 0 bridgehead atoms. The van der Waals surface area contributed by atoms with Crippen molar-refractivity contribution in [2.45, 2.75) is 26.8 Å². The number of fused-ring (bicyclic) bond motifs is 1. The number of rotatable bonds is 8. The van der Waals surface area contributed by atoms with Gasteiger partial charge in [0, 0.05) is 56.6 Å². The van der Waals surface area contributed by atoms with Crippen LogP contribution in [0.15, 0.2) is 60.8 Å². The van der Waals surface area contributed by atoms with Gasteiger partial charge in [0.1, 0.15) is 11.6 Å². The first-order chi connectivity index (χ1) is 16.9. The van der Waals surface area contributed by atoms with Gasteiger partial charge in [0.2, 0.25) is 5.91 Å². The summed E-state index contributed by atoms with van der Waals surface area (Å²) in [6, 6.07) is 17.0. The average molecular weight is 472 g/mol. The maximum absolute atomic E-state index is 13.7. The molecule has 35 heavy (non-hydrogen) atoms. The molecule has 2 aromatic heterocycles. The zero-order chi connectivity index (χ0) is 24.9. The Bertz CT molecular complexity index is 1360. The van der Waals surface area contributed by atoms with Crippen LogP contribution in [0, 0.1) is 0 Å². The van der Waals surface area contributed by atoms with E-state index in [0.29, 0.717) is 36.3 Å². The number of hydrogen-bond acceptors (Lipinski definition) is 5. The normalized spacial score (nSPS) is 10.9. The van der Waals surface area contributed by atoms with E-state index < -0.39 is 0 Å². The maximum atomic E-state index is 13.7. The summed E-state index contributed by atoms with van der Waals surface area (Å²) >= 11 is 0. The van der Waals surface area contributed by atoms with E-state index in [1.807, 2.05) is 54.0 Å². The van der Waals surface area contributed by atoms with Gasteiger partial charge >= 0.3 is 0 Å². The largest absolute Gasteiger partial charge is 0.497 e. The standard InChI is InChI=1S/C27H29N5O3/c1-5-32-25-23(27(34)31(3)14-12-20-10-6-7-13-28-20)16-21(29-18(2)33)17-24(25)30-26(32)19-9-8-11-22(15-19)35-4/h6-11,13,15-17H,5,12,14H2,1-4H3,(H,29,33). The molecule has 0 aliphatic heterocycles. The SMILES string of the molecule is CCn1c(-c2cccc(OC)c2)nc2cc(NC(C)=O)cc(C(=O)N(C)CCc3ccccn3)c21. The molecule has 0 atom stereocenters. The number of aryl methyl sites for hydroxylation is 1. The lowest BCUT2D eigenvalue weighted by molar-refractivity contribution is -0.114. The number of likely N-dealkylation sites (N-methyl/N-ethyl adjacent to an activating group) is 1. The number of carbonyl (C=O) groups is 2. The van der Waals surface area contributed by atoms with Crippen LogP contribution in [0.5, 0.6) is 5.75 Å². The Hall–Kier alpha value is -4.20. The van der Waals surface area contributed by atoms with E-state index in [2.05, 4.69) is 10.3 Å². The van der Waals surface area contributed by atoms with E-state index in [0.717, 1.165) is 28.3 Å². The molecule has 2 amide bonds. The lowest BCUT2D eigenvalue weighted by Crippen LogP contribution is -2.29. The Morgan fingerprint density at radius 2 is 1.94 bits per heavy atom. The van der Waals surface area contributed by atoms with Crippen LogP contribution in [-0.4, -0.2) is 52.0 Å². The first-order valence-electron chi connectivity index (χ1n) is 11.5. The van der Waals surface area contributed by atoms with Crippen molar-refractivity contribution >= 4 is 28.5 Å². The van der Waals surface area contributed by atoms with Crippen molar-refractivity contribution in [3.8, 4) is 17.1 Å². The number of imidazole rings is 1. The fraction of sp³-hybridized carbons (Fsp3) is 0.259. The molecule has 8 heteroatoms. The van der Waals surface area contributed by atoms with Crippen molar-refractivity contribution in [3.63, 3.8) is 0 Å². The van der Waals surface area contributed by atoms with Crippen LogP contribution in [0.2, 0.25) is 0 Å². The molecule has 1 N–H and O–H groups in total. The summed E-state index contributed by atoms with van der Waals surface area (Å²) in [5.74, 6) is 1.09. The molecule has 0 fully saturated rings. The lowest BCUT2D eigenvalue weighted by Gasteiger charge is -2.19. The minimum Gasteiger partial charge on any atom is -0.497 e. The molecule has 0 saturated carbocycles. The predicted molar refractivity (Wildman–Crippen MR) is 137 cm³/mol. The Balaban J connectivity index is 1.80. The molecular formula is C27H29N5O3. The molecule has 0 saturated heterocycles. The van der Waals surface area contributed by atoms with Crippen molar-refractivity contribution in [2.75, 3.05) is 26.0 Å². The summed E-state index contributed by atoms with van der Waals surface area (Å²) in [5, 5.41) is 2.80. The van der Waals surface area contributed by atoms with Gasteiger partial charge in [0.05, 0.1) is 23.7 Å². The number of nitrogens with zero attached hydrogens (tertiary/aromatic N) is 4. The van der Waals surface area contributed by atoms with Crippen molar-refractivity contribution in [3.05, 3.63) is 72.1 Å². The third-order valence-corrected chi connectivity index (χ3v) is 5.81. The number of ether oxygens (including phenoxy) is 1. The van der Waals surface area contributed by atoms with Gasteiger partial charge in [-0.3, -0.25) is 14.6 Å². The number of benzene rings is 2. The van der Waals surface area contributed by atoms with Crippen LogP contribution >= 0.6 is 0 Å². The van der Waals surface area contributed by atoms with Crippen LogP contribution < -0.4 is 10.1 Å². The molecule has 4 rings (SSSR count). The van der Waals surface area contributed by atoms with E-state index in [1.54, 1.807) is 37.4 Å². The molecule has 2 heterocycles. The molecule has 2 aromatic carbocycles. The molecule has 8 nitrogen and oxygen atoms in total. The van der Waals surface area contributed by atoms with Crippen LogP contribution in [-0.2, 0) is 17.8 Å². The highest BCUT2D eigenvalue weighted by atomic mass is 16.5. The second-order valence-corrected chi connectivity index (χ2v) is 8.28. The fourth-order valence-corrected chi connectivity index (χ4v) is 4.13. The molecule has 0 unspecified atom stereocenters. The van der Waals surface area contributed by atoms with Crippen LogP contribution in [0.4, 0.5) is 5.69 Å². The Morgan fingerprint density at radius 3 is 2.63 bits per heavy atom. The molecule has 0 spiro atoms. The summed E-state index contributed by atoms with van der Waals surface area (Å²) < 4.78 is 7.42. The highest BCUT2D eigenvalue weighted by molar-refractivity contribution is 6.08. The number of carbonyl (C=O) groups excluding carboxylic acids is 2. The highest BCUT2D eigenvalue weighted by Crippen LogP contribution is 2.32. The van der Waals surface area contributed by atoms with Gasteiger partial charge in [-0.2, -0.15) is 0 Å². The minimum absolute atomic E-state index is 0.148. The Labute approximate surface area is 204 Å². The van der Waals surface area contributed by atoms with Crippen molar-refractivity contribution in [2.24, 2.45) is 0 Å². The van der Waals surface area contributed by atoms with Crippen LogP contribution in [0.25, 0.3) is 22.4 Å². The Morgan fingerprint density at radius 1 is 1.11 bits per heavy atom. The van der Waals surface area contributed by atoms with Crippen molar-refractivity contribution in [1.29, 1.82) is 0 Å². The van der Waals surface area contributed by atoms with E-state index in [4.69, 9.17) is 9.72 Å². The van der Waals surface area contributed by atoms with E-state index in [-0.39, 0.29) is 11.8 Å². The predicted octanol–water partition coefficient (Wildman–Crippen LogP) is 4.40. The molecule has 180 valence electrons. The first-order valence-corrected chi connectivity index (χ1v) is 11.5. The molecular weight excluding hydrogens is 442 g/mol. The van der Waals surface area contributed by atoms with Gasteiger partial charge in [0.25, 0.3) is 5.91 Å². The van der Waals surface area contributed by atoms with Gasteiger partial charge in [0.15, 0.2) is 0 Å². The number of anilines is 1. The number of amides is 2. The topological polar surface area (TPSA) is 89.3 Å². The molecule has 0 radical (unpaired) electrons. The van der Waals surface area contributed by atoms with Crippen molar-refractivity contribution in [1.82, 2.24) is 19.4 Å². The van der Waals surface area contributed by atoms with Gasteiger partial charge < -0.3 is 19.5 Å². The zero-order valence-corrected chi connectivity index (χ0v) is 20.4. The van der Waals surface area contributed by atoms with Crippen molar-refractivity contribution < 1.29 is 14.3 Å². The van der Waals surface area contributed by atoms with Crippen LogP contribution in [0.3, 0.4) is 0 Å². The van der Waals surface area contributed by atoms with Gasteiger partial charge in [-0.15, -0.1) is 0 Å². The number of pyridine rings is 1. The maximum Gasteiger partial charge on any atom is 0.255 e. The average Bonchev–Trinajstić information content (AvgIpc) is 3.25. The monoisotopic (exact) mass is 471 g/mol. The number of methoxy groups -OCH3 is 1. The molecule has 4 aromatic rings. The van der Waals surface area contributed by atoms with Gasteiger partial charge in [-0.25, -0.2) is 4.98 Å². The third kappa shape index (κ3) is 5.16. The van der Waals surface area contributed by atoms with Gasteiger partial charge in [-0.1, -0.05) is 18.2 Å². The smallest absolute Gasteiger partial charge is 0.255 e. The van der Waals surface area contributed by atoms with E-state index >= 15 is 0 Å². The van der Waals surface area contributed by atoms with E-state index in [1.165, 1.54) is 6.92 Å². The quantitative estimate of drug-likeness (QED) is 0.411. The number of nitrogens with one attached hydrogen (secondary N) is 1. The Kier molecular flexibility index (Phi) is 7.10. The van der Waals surface area contributed by atoms with E-state index in [9.17, 15) is 9.59 Å². The third-order valence-electron chi connectivity index (χ3n) is 5.81. The molecule has 0 aliphatic carbocycles.